The topological polar surface area (TPSA) is 54.5 Å². The molecule has 2 aromatic heterocycles. The minimum Gasteiger partial charge on any atom is -0.263 e. The Morgan fingerprint density at radius 1 is 1.58 bits per heavy atom. The molecule has 2 heterocycles. The molecular weight excluding hydrogens is 191 g/mol. The van der Waals surface area contributed by atoms with Crippen LogP contribution < -0.4 is 4.75 Å². The van der Waals surface area contributed by atoms with Gasteiger partial charge in [0.25, 0.3) is 0 Å². The van der Waals surface area contributed by atoms with Crippen LogP contribution in [0, 0.1) is 6.92 Å². The Kier molecular flexibility index (Phi) is 1.90. The maximum Gasteiger partial charge on any atom is 0.192 e. The van der Waals surface area contributed by atoms with Crippen LogP contribution in [0.3, 0.4) is 0 Å². The first-order valence-electron chi connectivity index (χ1n) is 3.36. The van der Waals surface area contributed by atoms with Crippen molar-refractivity contribution in [2.24, 2.45) is 0 Å². The van der Waals surface area contributed by atoms with Crippen LogP contribution in [0.25, 0.3) is 10.7 Å². The van der Waals surface area contributed by atoms with Gasteiger partial charge in [0.2, 0.25) is 0 Å². The molecule has 0 aliphatic carbocycles. The van der Waals surface area contributed by atoms with Crippen molar-refractivity contribution in [3.8, 4) is 10.7 Å². The van der Waals surface area contributed by atoms with E-state index in [9.17, 15) is 0 Å². The van der Waals surface area contributed by atoms with Crippen LogP contribution in [0.4, 0.5) is 0 Å². The summed E-state index contributed by atoms with van der Waals surface area (Å²) in [5.41, 5.74) is 0. The fourth-order valence-electron chi connectivity index (χ4n) is 0.844. The van der Waals surface area contributed by atoms with Gasteiger partial charge in [-0.3, -0.25) is 5.10 Å². The minimum absolute atomic E-state index is 0.721. The third-order valence-electron chi connectivity index (χ3n) is 1.34. The number of thiazole rings is 1. The molecule has 1 atom stereocenters. The largest absolute Gasteiger partial charge is 0.263 e. The summed E-state index contributed by atoms with van der Waals surface area (Å²) < 4.78 is 0.951. The lowest BCUT2D eigenvalue weighted by atomic mass is 10.5. The number of aromatic nitrogens is 4. The van der Waals surface area contributed by atoms with E-state index in [2.05, 4.69) is 29.4 Å². The number of nitrogens with one attached hydrogen (secondary N) is 1. The highest BCUT2D eigenvalue weighted by molar-refractivity contribution is 7.43. The van der Waals surface area contributed by atoms with Crippen LogP contribution in [0.15, 0.2) is 6.20 Å². The smallest absolute Gasteiger partial charge is 0.192 e. The Bertz CT molecular complexity index is 355. The second kappa shape index (κ2) is 2.92. The van der Waals surface area contributed by atoms with E-state index < -0.39 is 0 Å². The summed E-state index contributed by atoms with van der Waals surface area (Å²) in [4.78, 5) is 9.27. The monoisotopic (exact) mass is 198 g/mol. The highest BCUT2D eigenvalue weighted by atomic mass is 32.1. The van der Waals surface area contributed by atoms with Gasteiger partial charge in [0.1, 0.15) is 10.6 Å². The lowest BCUT2D eigenvalue weighted by Crippen LogP contribution is -1.79. The first-order chi connectivity index (χ1) is 5.75. The highest BCUT2D eigenvalue weighted by Crippen LogP contribution is 2.18. The molecule has 2 rings (SSSR count). The zero-order chi connectivity index (χ0) is 8.55. The van der Waals surface area contributed by atoms with Crippen molar-refractivity contribution >= 4 is 25.3 Å². The van der Waals surface area contributed by atoms with Gasteiger partial charge in [-0.05, 0) is 6.92 Å². The molecule has 0 saturated heterocycles. The normalized spacial score (nSPS) is 10.5. The SMILES string of the molecule is Cc1nc(-c2cnc(P)s2)n[nH]1. The molecule has 0 radical (unpaired) electrons. The number of H-pyrrole nitrogens is 1. The number of hydrogen-bond donors (Lipinski definition) is 1. The first-order valence-corrected chi connectivity index (χ1v) is 4.76. The molecule has 0 aliphatic heterocycles. The molecule has 0 spiro atoms. The predicted octanol–water partition coefficient (Wildman–Crippen LogP) is 0.737. The minimum atomic E-state index is 0.721. The number of hydrogen-bond acceptors (Lipinski definition) is 4. The quantitative estimate of drug-likeness (QED) is 0.687. The van der Waals surface area contributed by atoms with Gasteiger partial charge in [-0.25, -0.2) is 9.97 Å². The standard InChI is InChI=1S/C6H7N4PS/c1-3-8-5(10-9-3)4-2-7-6(11)12-4/h2H,11H2,1H3,(H,8,9,10). The van der Waals surface area contributed by atoms with Crippen molar-refractivity contribution in [3.63, 3.8) is 0 Å². The van der Waals surface area contributed by atoms with Crippen molar-refractivity contribution < 1.29 is 0 Å². The summed E-state index contributed by atoms with van der Waals surface area (Å²) in [5, 5.41) is 6.81. The van der Waals surface area contributed by atoms with Gasteiger partial charge in [-0.2, -0.15) is 5.10 Å². The Labute approximate surface area is 75.7 Å². The van der Waals surface area contributed by atoms with Crippen LogP contribution in [0.5, 0.6) is 0 Å². The molecule has 0 aliphatic rings. The molecule has 12 heavy (non-hydrogen) atoms. The third kappa shape index (κ3) is 1.38. The fourth-order valence-corrected chi connectivity index (χ4v) is 1.92. The van der Waals surface area contributed by atoms with E-state index in [4.69, 9.17) is 0 Å². The second-order valence-corrected chi connectivity index (χ2v) is 4.33. The van der Waals surface area contributed by atoms with Crippen LogP contribution in [-0.2, 0) is 0 Å². The summed E-state index contributed by atoms with van der Waals surface area (Å²) in [6, 6.07) is 0. The van der Waals surface area contributed by atoms with E-state index in [1.54, 1.807) is 17.5 Å². The molecule has 1 N–H and O–H groups in total. The molecule has 0 fully saturated rings. The zero-order valence-electron chi connectivity index (χ0n) is 6.40. The predicted molar refractivity (Wildman–Crippen MR) is 51.6 cm³/mol. The Morgan fingerprint density at radius 3 is 2.92 bits per heavy atom. The van der Waals surface area contributed by atoms with E-state index in [0.29, 0.717) is 0 Å². The Hall–Kier alpha value is -0.800. The van der Waals surface area contributed by atoms with Crippen molar-refractivity contribution in [2.75, 3.05) is 0 Å². The summed E-state index contributed by atoms with van der Waals surface area (Å²) in [5.74, 6) is 1.54. The number of aryl methyl sites for hydroxylation is 1. The average Bonchev–Trinajstić information content (AvgIpc) is 2.58. The van der Waals surface area contributed by atoms with E-state index in [0.717, 1.165) is 21.3 Å². The van der Waals surface area contributed by atoms with Gasteiger partial charge in [0.05, 0.1) is 4.88 Å². The lowest BCUT2D eigenvalue weighted by Gasteiger charge is -1.81. The summed E-state index contributed by atoms with van der Waals surface area (Å²) in [7, 11) is 2.55. The zero-order valence-corrected chi connectivity index (χ0v) is 8.38. The van der Waals surface area contributed by atoms with Crippen molar-refractivity contribution in [2.45, 2.75) is 6.92 Å². The molecule has 2 aromatic rings. The maximum atomic E-state index is 4.19. The van der Waals surface area contributed by atoms with Gasteiger partial charge in [0.15, 0.2) is 5.82 Å². The van der Waals surface area contributed by atoms with Crippen LogP contribution in [0.2, 0.25) is 0 Å². The van der Waals surface area contributed by atoms with Crippen molar-refractivity contribution in [1.29, 1.82) is 0 Å². The van der Waals surface area contributed by atoms with E-state index >= 15 is 0 Å². The summed E-state index contributed by atoms with van der Waals surface area (Å²) >= 11 is 1.56. The third-order valence-corrected chi connectivity index (χ3v) is 2.67. The first kappa shape index (κ1) is 7.83. The molecule has 0 bridgehead atoms. The molecule has 0 aromatic carbocycles. The molecule has 62 valence electrons. The average molecular weight is 198 g/mol. The highest BCUT2D eigenvalue weighted by Gasteiger charge is 2.05. The maximum absolute atomic E-state index is 4.19. The van der Waals surface area contributed by atoms with Crippen molar-refractivity contribution in [3.05, 3.63) is 12.0 Å². The molecule has 4 nitrogen and oxygen atoms in total. The second-order valence-electron chi connectivity index (χ2n) is 2.31. The van der Waals surface area contributed by atoms with Crippen molar-refractivity contribution in [1.82, 2.24) is 20.2 Å². The summed E-state index contributed by atoms with van der Waals surface area (Å²) in [6.45, 7) is 1.87. The number of nitrogens with zero attached hydrogens (tertiary/aromatic N) is 3. The van der Waals surface area contributed by atoms with Crippen LogP contribution in [-0.4, -0.2) is 20.2 Å². The fraction of sp³-hybridized carbons (Fsp3) is 0.167. The number of aromatic amines is 1. The van der Waals surface area contributed by atoms with Gasteiger partial charge in [-0.1, -0.05) is 9.24 Å². The van der Waals surface area contributed by atoms with Gasteiger partial charge < -0.3 is 0 Å². The van der Waals surface area contributed by atoms with E-state index in [-0.39, 0.29) is 0 Å². The van der Waals surface area contributed by atoms with Gasteiger partial charge >= 0.3 is 0 Å². The van der Waals surface area contributed by atoms with E-state index in [1.807, 2.05) is 6.92 Å². The Morgan fingerprint density at radius 2 is 2.42 bits per heavy atom. The van der Waals surface area contributed by atoms with Crippen LogP contribution >= 0.6 is 20.6 Å². The summed E-state index contributed by atoms with van der Waals surface area (Å²) in [6.07, 6.45) is 1.77. The van der Waals surface area contributed by atoms with Gasteiger partial charge in [-0.15, -0.1) is 11.3 Å². The molecular formula is C6H7N4PS. The molecule has 1 unspecified atom stereocenters. The van der Waals surface area contributed by atoms with E-state index in [1.165, 1.54) is 0 Å². The molecule has 0 saturated carbocycles. The lowest BCUT2D eigenvalue weighted by molar-refractivity contribution is 1.04. The van der Waals surface area contributed by atoms with Crippen LogP contribution in [0.1, 0.15) is 5.82 Å². The molecule has 0 amide bonds. The Balaban J connectivity index is 2.43. The number of rotatable bonds is 1. The van der Waals surface area contributed by atoms with Gasteiger partial charge in [0, 0.05) is 6.20 Å². The molecule has 6 heteroatoms.